The van der Waals surface area contributed by atoms with Crippen LogP contribution in [-0.2, 0) is 17.1 Å². The minimum absolute atomic E-state index is 0.119. The molecule has 0 bridgehead atoms. The van der Waals surface area contributed by atoms with Gasteiger partial charge in [0, 0.05) is 11.5 Å². The Kier molecular flexibility index (Phi) is 4.85. The Balaban J connectivity index is 2.38. The van der Waals surface area contributed by atoms with Gasteiger partial charge in [0.1, 0.15) is 4.90 Å². The molecule has 0 unspecified atom stereocenters. The number of carbonyl (C=O) groups excluding carboxylic acids is 1. The normalized spacial score (nSPS) is 11.8. The molecule has 0 aliphatic carbocycles. The summed E-state index contributed by atoms with van der Waals surface area (Å²) in [6.07, 6.45) is 3.16. The quantitative estimate of drug-likeness (QED) is 0.836. The Labute approximate surface area is 140 Å². The molecule has 1 aromatic heterocycles. The third-order valence-electron chi connectivity index (χ3n) is 2.87. The number of rotatable bonds is 3. The number of aromatic nitrogens is 3. The Morgan fingerprint density at radius 1 is 1.35 bits per heavy atom. The average Bonchev–Trinajstić information content (AvgIpc) is 2.76. The molecule has 0 atom stereocenters. The third kappa shape index (κ3) is 3.42. The number of hydrogen-bond donors (Lipinski definition) is 1. The summed E-state index contributed by atoms with van der Waals surface area (Å²) in [5, 5.41) is 3.79. The van der Waals surface area contributed by atoms with Crippen LogP contribution in [0.2, 0.25) is 0 Å². The number of carbonyl (C=O) groups is 1. The minimum Gasteiger partial charge on any atom is -0.278 e. The molecular formula is C13H13BrN4O4S. The van der Waals surface area contributed by atoms with Crippen molar-refractivity contribution >= 4 is 38.1 Å². The van der Waals surface area contributed by atoms with Crippen LogP contribution in [0.5, 0.6) is 0 Å². The molecule has 1 heterocycles. The Morgan fingerprint density at radius 3 is 2.61 bits per heavy atom. The van der Waals surface area contributed by atoms with Crippen molar-refractivity contribution in [2.24, 2.45) is 7.05 Å². The molecular weight excluding hydrogens is 388 g/mol. The second-order valence-electron chi connectivity index (χ2n) is 4.45. The lowest BCUT2D eigenvalue weighted by molar-refractivity contribution is 0.243. The first-order valence-corrected chi connectivity index (χ1v) is 8.66. The number of allylic oxidation sites excluding steroid dienone is 1. The maximum atomic E-state index is 12.2. The molecule has 2 rings (SSSR count). The Morgan fingerprint density at radius 2 is 2.00 bits per heavy atom. The van der Waals surface area contributed by atoms with Gasteiger partial charge in [-0.1, -0.05) is 18.2 Å². The molecule has 1 aromatic carbocycles. The van der Waals surface area contributed by atoms with E-state index < -0.39 is 21.7 Å². The molecule has 8 nitrogen and oxygen atoms in total. The van der Waals surface area contributed by atoms with Gasteiger partial charge in [0.2, 0.25) is 0 Å². The van der Waals surface area contributed by atoms with E-state index in [-0.39, 0.29) is 10.7 Å². The summed E-state index contributed by atoms with van der Waals surface area (Å²) < 4.78 is 28.2. The van der Waals surface area contributed by atoms with Crippen molar-refractivity contribution < 1.29 is 13.2 Å². The average molecular weight is 401 g/mol. The van der Waals surface area contributed by atoms with Crippen molar-refractivity contribution in [1.29, 1.82) is 0 Å². The topological polar surface area (TPSA) is 103 Å². The summed E-state index contributed by atoms with van der Waals surface area (Å²) in [7, 11) is -2.72. The zero-order valence-electron chi connectivity index (χ0n) is 12.2. The number of amides is 1. The van der Waals surface area contributed by atoms with Gasteiger partial charge in [0.05, 0.1) is 0 Å². The van der Waals surface area contributed by atoms with Crippen LogP contribution in [-0.4, -0.2) is 28.8 Å². The van der Waals surface area contributed by atoms with Crippen molar-refractivity contribution in [2.75, 3.05) is 0 Å². The van der Waals surface area contributed by atoms with Crippen LogP contribution in [0.1, 0.15) is 12.7 Å². The van der Waals surface area contributed by atoms with Crippen LogP contribution < -0.4 is 10.4 Å². The predicted molar refractivity (Wildman–Crippen MR) is 87.4 cm³/mol. The molecule has 2 aromatic rings. The molecule has 0 saturated carbocycles. The zero-order chi connectivity index (χ0) is 17.2. The highest BCUT2D eigenvalue weighted by atomic mass is 79.9. The molecule has 0 saturated heterocycles. The maximum Gasteiger partial charge on any atom is 0.360 e. The highest BCUT2D eigenvalue weighted by Gasteiger charge is 2.23. The second kappa shape index (κ2) is 6.50. The smallest absolute Gasteiger partial charge is 0.278 e. The van der Waals surface area contributed by atoms with Crippen LogP contribution in [0.25, 0.3) is 6.08 Å². The summed E-state index contributed by atoms with van der Waals surface area (Å²) in [6.45, 7) is 1.72. The van der Waals surface area contributed by atoms with Crippen molar-refractivity contribution in [1.82, 2.24) is 19.1 Å². The molecule has 1 amide bonds. The van der Waals surface area contributed by atoms with Gasteiger partial charge >= 0.3 is 11.7 Å². The summed E-state index contributed by atoms with van der Waals surface area (Å²) in [4.78, 5) is 23.9. The predicted octanol–water partition coefficient (Wildman–Crippen LogP) is 1.32. The molecule has 0 spiro atoms. The number of halogens is 1. The lowest BCUT2D eigenvalue weighted by Gasteiger charge is -2.07. The first-order valence-electron chi connectivity index (χ1n) is 6.38. The summed E-state index contributed by atoms with van der Waals surface area (Å²) >= 11 is 3.10. The Bertz CT molecular complexity index is 943. The van der Waals surface area contributed by atoms with Gasteiger partial charge in [-0.05, 0) is 41.1 Å². The number of hydrogen-bond acceptors (Lipinski definition) is 5. The van der Waals surface area contributed by atoms with Crippen molar-refractivity contribution in [2.45, 2.75) is 11.8 Å². The van der Waals surface area contributed by atoms with E-state index in [2.05, 4.69) is 21.0 Å². The maximum absolute atomic E-state index is 12.2. The molecule has 10 heteroatoms. The lowest BCUT2D eigenvalue weighted by Crippen LogP contribution is -2.40. The van der Waals surface area contributed by atoms with Crippen LogP contribution in [0, 0.1) is 0 Å². The zero-order valence-corrected chi connectivity index (χ0v) is 14.6. The first-order chi connectivity index (χ1) is 10.8. The molecule has 1 N–H and O–H groups in total. The van der Waals surface area contributed by atoms with Crippen molar-refractivity contribution in [3.05, 3.63) is 51.1 Å². The van der Waals surface area contributed by atoms with Gasteiger partial charge in [-0.2, -0.15) is 0 Å². The summed E-state index contributed by atoms with van der Waals surface area (Å²) in [5.41, 5.74) is -0.752. The summed E-state index contributed by atoms with van der Waals surface area (Å²) in [6, 6.07) is 4.85. The molecule has 0 fully saturated rings. The third-order valence-corrected chi connectivity index (χ3v) is 5.20. The molecule has 0 radical (unpaired) electrons. The largest absolute Gasteiger partial charge is 0.360 e. The van der Waals surface area contributed by atoms with E-state index in [1.807, 2.05) is 4.72 Å². The molecule has 122 valence electrons. The molecule has 0 aliphatic rings. The molecule has 0 aliphatic heterocycles. The van der Waals surface area contributed by atoms with E-state index >= 15 is 0 Å². The van der Waals surface area contributed by atoms with E-state index in [4.69, 9.17) is 0 Å². The monoisotopic (exact) mass is 400 g/mol. The van der Waals surface area contributed by atoms with Crippen LogP contribution >= 0.6 is 15.9 Å². The van der Waals surface area contributed by atoms with Gasteiger partial charge in [0.15, 0.2) is 5.82 Å². The van der Waals surface area contributed by atoms with Crippen LogP contribution in [0.15, 0.2) is 44.5 Å². The number of benzene rings is 1. The van der Waals surface area contributed by atoms with Crippen LogP contribution in [0.3, 0.4) is 0 Å². The second-order valence-corrected chi connectivity index (χ2v) is 6.96. The fraction of sp³-hybridized carbons (Fsp3) is 0.154. The summed E-state index contributed by atoms with van der Waals surface area (Å²) in [5.74, 6) is 0.228. The van der Waals surface area contributed by atoms with E-state index in [9.17, 15) is 18.0 Å². The fourth-order valence-corrected chi connectivity index (χ4v) is 3.69. The number of nitrogens with one attached hydrogen (secondary N) is 1. The molecule has 23 heavy (non-hydrogen) atoms. The van der Waals surface area contributed by atoms with Crippen molar-refractivity contribution in [3.8, 4) is 0 Å². The minimum atomic E-state index is -4.14. The number of nitrogens with zero attached hydrogens (tertiary/aromatic N) is 3. The van der Waals surface area contributed by atoms with Crippen molar-refractivity contribution in [3.63, 3.8) is 0 Å². The van der Waals surface area contributed by atoms with Gasteiger partial charge in [-0.3, -0.25) is 4.57 Å². The van der Waals surface area contributed by atoms with Gasteiger partial charge in [0.25, 0.3) is 10.0 Å². The van der Waals surface area contributed by atoms with E-state index in [1.54, 1.807) is 19.1 Å². The highest BCUT2D eigenvalue weighted by Crippen LogP contribution is 2.20. The van der Waals surface area contributed by atoms with Gasteiger partial charge in [-0.25, -0.2) is 22.7 Å². The van der Waals surface area contributed by atoms with Gasteiger partial charge in [-0.15, -0.1) is 9.78 Å². The van der Waals surface area contributed by atoms with E-state index in [1.165, 1.54) is 31.3 Å². The first kappa shape index (κ1) is 17.2. The highest BCUT2D eigenvalue weighted by molar-refractivity contribution is 9.10. The van der Waals surface area contributed by atoms with Crippen LogP contribution in [0.4, 0.5) is 4.79 Å². The standard InChI is InChI=1S/C13H13BrN4O4S/c1-3-6-11-15-18(13(20)17(11)2)12(19)16-23(21,22)10-8-5-4-7-9(10)14/h3-8H,1-2H3,(H,16,19)/b6-3-. The Hall–Kier alpha value is -2.20. The number of sulfonamides is 1. The fourth-order valence-electron chi connectivity index (χ4n) is 1.75. The van der Waals surface area contributed by atoms with Gasteiger partial charge < -0.3 is 0 Å². The van der Waals surface area contributed by atoms with E-state index in [0.29, 0.717) is 9.15 Å². The van der Waals surface area contributed by atoms with E-state index in [0.717, 1.165) is 4.57 Å². The lowest BCUT2D eigenvalue weighted by atomic mass is 10.4. The SMILES string of the molecule is C/C=C\c1nn(C(=O)NS(=O)(=O)c2ccccc2Br)c(=O)n1C.